The van der Waals surface area contributed by atoms with E-state index in [1.807, 2.05) is 5.48 Å². The molecule has 0 spiro atoms. The van der Waals surface area contributed by atoms with E-state index in [9.17, 15) is 15.3 Å². The average molecular weight is 382 g/mol. The Balaban J connectivity index is 1.98. The Morgan fingerprint density at radius 1 is 1.24 bits per heavy atom. The predicted molar refractivity (Wildman–Crippen MR) is 90.6 cm³/mol. The molecule has 0 amide bonds. The van der Waals surface area contributed by atoms with E-state index in [-0.39, 0.29) is 34.7 Å². The third-order valence-corrected chi connectivity index (χ3v) is 4.05. The first-order chi connectivity index (χ1) is 12.0. The van der Waals surface area contributed by atoms with E-state index in [1.165, 1.54) is 12.1 Å². The van der Waals surface area contributed by atoms with Crippen LogP contribution in [-0.2, 0) is 6.42 Å². The highest BCUT2D eigenvalue weighted by Crippen LogP contribution is 2.30. The van der Waals surface area contributed by atoms with Crippen LogP contribution in [0.5, 0.6) is 0 Å². The van der Waals surface area contributed by atoms with E-state index < -0.39 is 4.92 Å². The van der Waals surface area contributed by atoms with Gasteiger partial charge in [0.25, 0.3) is 0 Å². The number of nitrogens with zero attached hydrogens (tertiary/aromatic N) is 4. The predicted octanol–water partition coefficient (Wildman–Crippen LogP) is 3.69. The number of nitrogens with one attached hydrogen (secondary N) is 1. The van der Waals surface area contributed by atoms with Crippen LogP contribution in [0.15, 0.2) is 40.0 Å². The molecule has 3 aromatic rings. The van der Waals surface area contributed by atoms with Gasteiger partial charge in [0, 0.05) is 12.5 Å². The number of non-ortho nitro benzene ring substituents is 1. The van der Waals surface area contributed by atoms with E-state index in [0.717, 1.165) is 5.56 Å². The van der Waals surface area contributed by atoms with Gasteiger partial charge in [-0.15, -0.1) is 0 Å². The van der Waals surface area contributed by atoms with Crippen molar-refractivity contribution in [2.45, 2.75) is 6.42 Å². The van der Waals surface area contributed by atoms with E-state index in [2.05, 4.69) is 19.9 Å². The minimum Gasteiger partial charge on any atom is -0.290 e. The molecule has 0 aliphatic heterocycles. The first-order valence-electron chi connectivity index (χ1n) is 6.81. The quantitative estimate of drug-likeness (QED) is 0.305. The molecular weight excluding hydrogens is 373 g/mol. The highest BCUT2D eigenvalue weighted by molar-refractivity contribution is 6.42. The van der Waals surface area contributed by atoms with Gasteiger partial charge in [0.2, 0.25) is 5.52 Å². The zero-order valence-corrected chi connectivity index (χ0v) is 13.8. The van der Waals surface area contributed by atoms with Crippen molar-refractivity contribution in [3.8, 4) is 0 Å². The molecule has 2 aromatic carbocycles. The maximum atomic E-state index is 11.0. The zero-order chi connectivity index (χ0) is 18.0. The summed E-state index contributed by atoms with van der Waals surface area (Å²) in [6, 6.07) is 7.61. The molecule has 0 saturated carbocycles. The third kappa shape index (κ3) is 3.53. The lowest BCUT2D eigenvalue weighted by atomic mass is 10.1. The van der Waals surface area contributed by atoms with Crippen molar-refractivity contribution in [2.75, 3.05) is 0 Å². The maximum absolute atomic E-state index is 11.0. The second-order valence-electron chi connectivity index (χ2n) is 4.92. The fourth-order valence-corrected chi connectivity index (χ4v) is 2.49. The minimum atomic E-state index is -0.596. The molecule has 128 valence electrons. The number of rotatable bonds is 4. The highest BCUT2D eigenvalue weighted by atomic mass is 35.5. The number of hydrogen-bond acceptors (Lipinski definition) is 7. The summed E-state index contributed by atoms with van der Waals surface area (Å²) < 4.78 is 4.57. The van der Waals surface area contributed by atoms with Crippen LogP contribution in [0, 0.1) is 10.1 Å². The number of hydrogen-bond donors (Lipinski definition) is 2. The molecule has 0 unspecified atom stereocenters. The third-order valence-electron chi connectivity index (χ3n) is 3.31. The van der Waals surface area contributed by atoms with E-state index in [1.54, 1.807) is 18.2 Å². The van der Waals surface area contributed by atoms with E-state index >= 15 is 0 Å². The van der Waals surface area contributed by atoms with E-state index in [0.29, 0.717) is 10.0 Å². The molecule has 1 aromatic heterocycles. The molecule has 0 atom stereocenters. The minimum absolute atomic E-state index is 0.0296. The van der Waals surface area contributed by atoms with Crippen molar-refractivity contribution in [1.29, 1.82) is 0 Å². The summed E-state index contributed by atoms with van der Waals surface area (Å²) in [6.07, 6.45) is 0.206. The zero-order valence-electron chi connectivity index (χ0n) is 12.3. The summed E-state index contributed by atoms with van der Waals surface area (Å²) in [5.74, 6) is 0.163. The molecule has 0 fully saturated rings. The van der Waals surface area contributed by atoms with Gasteiger partial charge in [-0.25, -0.2) is 9.62 Å². The van der Waals surface area contributed by atoms with Crippen LogP contribution in [0.25, 0.3) is 11.0 Å². The lowest BCUT2D eigenvalue weighted by molar-refractivity contribution is -0.383. The van der Waals surface area contributed by atoms with Gasteiger partial charge in [0.15, 0.2) is 5.52 Å². The SMILES string of the molecule is O=[N+]([O-])c1ccc(N=C(Cc2ccc(Cl)c(Cl)c2)NO)c2nonc12. The molecule has 11 heteroatoms. The fourth-order valence-electron chi connectivity index (χ4n) is 2.17. The largest absolute Gasteiger partial charge is 0.300 e. The van der Waals surface area contributed by atoms with Crippen LogP contribution in [-0.4, -0.2) is 26.3 Å². The van der Waals surface area contributed by atoms with E-state index in [4.69, 9.17) is 23.2 Å². The molecule has 0 saturated heterocycles. The summed E-state index contributed by atoms with van der Waals surface area (Å²) in [5, 5.41) is 28.3. The number of hydroxylamine groups is 1. The summed E-state index contributed by atoms with van der Waals surface area (Å²) >= 11 is 11.8. The molecule has 0 radical (unpaired) electrons. The maximum Gasteiger partial charge on any atom is 0.300 e. The van der Waals surface area contributed by atoms with Gasteiger partial charge in [0.05, 0.1) is 20.7 Å². The van der Waals surface area contributed by atoms with Crippen molar-refractivity contribution in [2.24, 2.45) is 4.99 Å². The van der Waals surface area contributed by atoms with Crippen LogP contribution in [0.4, 0.5) is 11.4 Å². The normalized spacial score (nSPS) is 11.7. The number of halogens is 2. The Bertz CT molecular complexity index is 989. The van der Waals surface area contributed by atoms with Crippen molar-refractivity contribution < 1.29 is 14.8 Å². The van der Waals surface area contributed by atoms with Gasteiger partial charge in [-0.3, -0.25) is 20.8 Å². The molecule has 1 heterocycles. The van der Waals surface area contributed by atoms with Gasteiger partial charge in [0.1, 0.15) is 5.84 Å². The van der Waals surface area contributed by atoms with Gasteiger partial charge in [-0.05, 0) is 34.1 Å². The first kappa shape index (κ1) is 17.1. The second-order valence-corrected chi connectivity index (χ2v) is 5.73. The number of nitro groups is 1. The fraction of sp³-hybridized carbons (Fsp3) is 0.0714. The topological polar surface area (TPSA) is 127 Å². The second kappa shape index (κ2) is 7.01. The molecule has 0 aliphatic carbocycles. The van der Waals surface area contributed by atoms with Crippen LogP contribution in [0.1, 0.15) is 5.56 Å². The Morgan fingerprint density at radius 2 is 2.00 bits per heavy atom. The van der Waals surface area contributed by atoms with Gasteiger partial charge < -0.3 is 0 Å². The number of aromatic nitrogens is 2. The molecule has 0 bridgehead atoms. The van der Waals surface area contributed by atoms with Crippen LogP contribution < -0.4 is 5.48 Å². The number of nitro benzene ring substituents is 1. The molecular formula is C14H9Cl2N5O4. The van der Waals surface area contributed by atoms with Gasteiger partial charge in [-0.2, -0.15) is 0 Å². The summed E-state index contributed by atoms with van der Waals surface area (Å²) in [7, 11) is 0. The smallest absolute Gasteiger partial charge is 0.290 e. The Labute approximate surface area is 149 Å². The standard InChI is InChI=1S/C14H9Cl2N5O4/c15-8-2-1-7(5-9(8)16)6-12(18-22)17-10-3-4-11(21(23)24)14-13(10)19-25-20-14/h1-5,22H,6H2,(H,17,18). The Hall–Kier alpha value is -2.75. The van der Waals surface area contributed by atoms with Crippen molar-refractivity contribution in [3.63, 3.8) is 0 Å². The Kier molecular flexibility index (Phi) is 4.79. The lowest BCUT2D eigenvalue weighted by Gasteiger charge is -2.06. The number of benzene rings is 2. The number of fused-ring (bicyclic) bond motifs is 1. The number of aliphatic imine (C=N–C) groups is 1. The van der Waals surface area contributed by atoms with Crippen molar-refractivity contribution in [1.82, 2.24) is 15.8 Å². The molecule has 9 nitrogen and oxygen atoms in total. The number of amidine groups is 1. The van der Waals surface area contributed by atoms with Crippen molar-refractivity contribution >= 4 is 51.4 Å². The summed E-state index contributed by atoms with van der Waals surface area (Å²) in [6.45, 7) is 0. The summed E-state index contributed by atoms with van der Waals surface area (Å²) in [5.41, 5.74) is 2.81. The Morgan fingerprint density at radius 3 is 2.68 bits per heavy atom. The average Bonchev–Trinajstić information content (AvgIpc) is 3.07. The van der Waals surface area contributed by atoms with Crippen LogP contribution in [0.3, 0.4) is 0 Å². The summed E-state index contributed by atoms with van der Waals surface area (Å²) in [4.78, 5) is 14.6. The molecule has 2 N–H and O–H groups in total. The molecule has 25 heavy (non-hydrogen) atoms. The first-order valence-corrected chi connectivity index (χ1v) is 7.56. The molecule has 0 aliphatic rings. The monoisotopic (exact) mass is 381 g/mol. The van der Waals surface area contributed by atoms with Gasteiger partial charge in [-0.1, -0.05) is 29.3 Å². The van der Waals surface area contributed by atoms with Crippen LogP contribution >= 0.6 is 23.2 Å². The highest BCUT2D eigenvalue weighted by Gasteiger charge is 2.19. The van der Waals surface area contributed by atoms with Crippen molar-refractivity contribution in [3.05, 3.63) is 56.1 Å². The molecule has 3 rings (SSSR count). The van der Waals surface area contributed by atoms with Gasteiger partial charge >= 0.3 is 5.69 Å². The lowest BCUT2D eigenvalue weighted by Crippen LogP contribution is -2.21. The van der Waals surface area contributed by atoms with Crippen LogP contribution in [0.2, 0.25) is 10.0 Å².